The van der Waals surface area contributed by atoms with Gasteiger partial charge in [-0.15, -0.1) is 0 Å². The summed E-state index contributed by atoms with van der Waals surface area (Å²) in [6, 6.07) is 15.1. The van der Waals surface area contributed by atoms with Crippen molar-refractivity contribution in [3.05, 3.63) is 77.1 Å². The van der Waals surface area contributed by atoms with Gasteiger partial charge in [0.2, 0.25) is 5.91 Å². The van der Waals surface area contributed by atoms with Crippen LogP contribution >= 0.6 is 0 Å². The lowest BCUT2D eigenvalue weighted by atomic mass is 9.74. The molecule has 4 rings (SSSR count). The molecule has 3 aromatic rings. The maximum Gasteiger partial charge on any atom is 0.495 e. The number of carbonyl (C=O) groups excluding carboxylic acids is 1. The van der Waals surface area contributed by atoms with Crippen LogP contribution in [0.5, 0.6) is 5.75 Å². The molecule has 6 nitrogen and oxygen atoms in total. The SMILES string of the molecule is Cc1cc(C)c(-c2cc(OCc3ccccn3)ccc2C(N)=O)cc1B1OC(C)(C)C(C)(C)O1. The fraction of sp³-hybridized carbons (Fsp3) is 0.333. The molecule has 1 amide bonds. The molecule has 0 radical (unpaired) electrons. The molecule has 1 fully saturated rings. The summed E-state index contributed by atoms with van der Waals surface area (Å²) in [5.74, 6) is 0.131. The Morgan fingerprint density at radius 1 is 0.971 bits per heavy atom. The van der Waals surface area contributed by atoms with E-state index in [4.69, 9.17) is 19.8 Å². The average Bonchev–Trinajstić information content (AvgIpc) is 2.99. The second-order valence-electron chi connectivity index (χ2n) is 9.79. The Balaban J connectivity index is 1.74. The van der Waals surface area contributed by atoms with Crippen LogP contribution in [0.4, 0.5) is 0 Å². The molecule has 1 aliphatic heterocycles. The van der Waals surface area contributed by atoms with E-state index in [1.807, 2.05) is 71.9 Å². The number of primary amides is 1. The monoisotopic (exact) mass is 458 g/mol. The standard InChI is InChI=1S/C27H31BN2O4/c1-17-13-18(2)24(28-33-26(3,4)27(5,6)34-28)15-22(17)23-14-20(10-11-21(23)25(29)31)32-16-19-9-7-8-12-30-19/h7-15H,16H2,1-6H3,(H2,29,31). The van der Waals surface area contributed by atoms with Crippen molar-refractivity contribution >= 4 is 18.5 Å². The molecule has 0 bridgehead atoms. The van der Waals surface area contributed by atoms with Crippen molar-refractivity contribution in [3.8, 4) is 16.9 Å². The van der Waals surface area contributed by atoms with Crippen LogP contribution in [0.2, 0.25) is 0 Å². The summed E-state index contributed by atoms with van der Waals surface area (Å²) in [6.07, 6.45) is 1.73. The molecular formula is C27H31BN2O4. The number of aryl methyl sites for hydroxylation is 2. The van der Waals surface area contributed by atoms with Crippen molar-refractivity contribution in [2.45, 2.75) is 59.4 Å². The molecule has 2 aromatic carbocycles. The van der Waals surface area contributed by atoms with Gasteiger partial charge in [-0.25, -0.2) is 0 Å². The van der Waals surface area contributed by atoms with E-state index in [2.05, 4.69) is 11.1 Å². The van der Waals surface area contributed by atoms with Gasteiger partial charge in [0.15, 0.2) is 0 Å². The van der Waals surface area contributed by atoms with Crippen molar-refractivity contribution < 1.29 is 18.8 Å². The number of rotatable bonds is 6. The number of pyridine rings is 1. The zero-order chi connectivity index (χ0) is 24.7. The molecule has 1 saturated heterocycles. The highest BCUT2D eigenvalue weighted by Crippen LogP contribution is 2.38. The Morgan fingerprint density at radius 3 is 2.29 bits per heavy atom. The first-order valence-corrected chi connectivity index (χ1v) is 11.4. The van der Waals surface area contributed by atoms with Crippen LogP contribution in [0.15, 0.2) is 54.7 Å². The zero-order valence-electron chi connectivity index (χ0n) is 20.6. The lowest BCUT2D eigenvalue weighted by Gasteiger charge is -2.32. The normalized spacial score (nSPS) is 16.5. The lowest BCUT2D eigenvalue weighted by molar-refractivity contribution is 0.00578. The number of nitrogens with zero attached hydrogens (tertiary/aromatic N) is 1. The number of aromatic nitrogens is 1. The zero-order valence-corrected chi connectivity index (χ0v) is 20.6. The van der Waals surface area contributed by atoms with E-state index in [-0.39, 0.29) is 0 Å². The second kappa shape index (κ2) is 8.89. The molecule has 0 atom stereocenters. The Morgan fingerprint density at radius 2 is 1.68 bits per heavy atom. The van der Waals surface area contributed by atoms with E-state index in [1.165, 1.54) is 0 Å². The predicted octanol–water partition coefficient (Wildman–Crippen LogP) is 4.34. The fourth-order valence-electron chi connectivity index (χ4n) is 4.07. The third kappa shape index (κ3) is 4.58. The molecule has 2 N–H and O–H groups in total. The van der Waals surface area contributed by atoms with Gasteiger partial charge in [0.05, 0.1) is 16.9 Å². The molecule has 176 valence electrons. The molecule has 0 aliphatic carbocycles. The van der Waals surface area contributed by atoms with Gasteiger partial charge < -0.3 is 19.8 Å². The first-order valence-electron chi connectivity index (χ1n) is 11.4. The third-order valence-electron chi connectivity index (χ3n) is 6.78. The number of hydrogen-bond acceptors (Lipinski definition) is 5. The summed E-state index contributed by atoms with van der Waals surface area (Å²) in [7, 11) is -0.509. The number of amides is 1. The van der Waals surface area contributed by atoms with Crippen LogP contribution in [-0.2, 0) is 15.9 Å². The number of ether oxygens (including phenoxy) is 1. The number of nitrogens with two attached hydrogens (primary N) is 1. The maximum atomic E-state index is 12.3. The van der Waals surface area contributed by atoms with Crippen LogP contribution in [0, 0.1) is 13.8 Å². The number of carbonyl (C=O) groups is 1. The van der Waals surface area contributed by atoms with Gasteiger partial charge in [0.1, 0.15) is 12.4 Å². The largest absolute Gasteiger partial charge is 0.495 e. The summed E-state index contributed by atoms with van der Waals surface area (Å²) in [6.45, 7) is 12.5. The van der Waals surface area contributed by atoms with Gasteiger partial charge >= 0.3 is 7.12 Å². The van der Waals surface area contributed by atoms with Crippen LogP contribution < -0.4 is 15.9 Å². The van der Waals surface area contributed by atoms with Gasteiger partial charge in [-0.2, -0.15) is 0 Å². The predicted molar refractivity (Wildman–Crippen MR) is 134 cm³/mol. The minimum atomic E-state index is -0.509. The molecule has 1 aromatic heterocycles. The Bertz CT molecular complexity index is 1210. The molecule has 2 heterocycles. The average molecular weight is 458 g/mol. The van der Waals surface area contributed by atoms with Gasteiger partial charge in [-0.1, -0.05) is 23.8 Å². The molecule has 0 saturated carbocycles. The number of benzene rings is 2. The second-order valence-corrected chi connectivity index (χ2v) is 9.79. The molecule has 0 spiro atoms. The minimum absolute atomic E-state index is 0.322. The minimum Gasteiger partial charge on any atom is -0.487 e. The van der Waals surface area contributed by atoms with Gasteiger partial charge in [-0.05, 0) is 94.0 Å². The lowest BCUT2D eigenvalue weighted by Crippen LogP contribution is -2.41. The van der Waals surface area contributed by atoms with Crippen molar-refractivity contribution in [3.63, 3.8) is 0 Å². The first-order chi connectivity index (χ1) is 16.0. The highest BCUT2D eigenvalue weighted by molar-refractivity contribution is 6.62. The molecule has 0 unspecified atom stereocenters. The summed E-state index contributed by atoms with van der Waals surface area (Å²) in [5.41, 5.74) is 10.7. The van der Waals surface area contributed by atoms with E-state index >= 15 is 0 Å². The summed E-state index contributed by atoms with van der Waals surface area (Å²) >= 11 is 0. The van der Waals surface area contributed by atoms with Crippen LogP contribution in [0.1, 0.15) is 54.9 Å². The molecule has 1 aliphatic rings. The summed E-state index contributed by atoms with van der Waals surface area (Å²) in [5, 5.41) is 0. The third-order valence-corrected chi connectivity index (χ3v) is 6.78. The van der Waals surface area contributed by atoms with E-state index < -0.39 is 24.2 Å². The van der Waals surface area contributed by atoms with E-state index in [1.54, 1.807) is 18.3 Å². The van der Waals surface area contributed by atoms with Crippen LogP contribution in [0.25, 0.3) is 11.1 Å². The Hall–Kier alpha value is -3.16. The Labute approximate surface area is 201 Å². The van der Waals surface area contributed by atoms with Crippen LogP contribution in [-0.4, -0.2) is 29.2 Å². The topological polar surface area (TPSA) is 83.7 Å². The molecule has 7 heteroatoms. The molecule has 34 heavy (non-hydrogen) atoms. The summed E-state index contributed by atoms with van der Waals surface area (Å²) in [4.78, 5) is 16.6. The van der Waals surface area contributed by atoms with Crippen molar-refractivity contribution in [1.82, 2.24) is 4.98 Å². The van der Waals surface area contributed by atoms with Crippen molar-refractivity contribution in [1.29, 1.82) is 0 Å². The summed E-state index contributed by atoms with van der Waals surface area (Å²) < 4.78 is 18.6. The van der Waals surface area contributed by atoms with Gasteiger partial charge in [0, 0.05) is 11.8 Å². The maximum absolute atomic E-state index is 12.3. The quantitative estimate of drug-likeness (QED) is 0.556. The fourth-order valence-corrected chi connectivity index (χ4v) is 4.07. The molecular weight excluding hydrogens is 427 g/mol. The van der Waals surface area contributed by atoms with Crippen LogP contribution in [0.3, 0.4) is 0 Å². The van der Waals surface area contributed by atoms with Gasteiger partial charge in [-0.3, -0.25) is 9.78 Å². The van der Waals surface area contributed by atoms with E-state index in [0.717, 1.165) is 27.8 Å². The smallest absolute Gasteiger partial charge is 0.487 e. The van der Waals surface area contributed by atoms with Crippen molar-refractivity contribution in [2.75, 3.05) is 0 Å². The highest BCUT2D eigenvalue weighted by Gasteiger charge is 2.52. The van der Waals surface area contributed by atoms with Gasteiger partial charge in [0.25, 0.3) is 0 Å². The highest BCUT2D eigenvalue weighted by atomic mass is 16.7. The van der Waals surface area contributed by atoms with E-state index in [0.29, 0.717) is 23.5 Å². The first kappa shape index (κ1) is 24.0. The van der Waals surface area contributed by atoms with Crippen molar-refractivity contribution in [2.24, 2.45) is 5.73 Å². The Kier molecular flexibility index (Phi) is 6.27. The number of hydrogen-bond donors (Lipinski definition) is 1. The van der Waals surface area contributed by atoms with E-state index in [9.17, 15) is 4.79 Å².